The summed E-state index contributed by atoms with van der Waals surface area (Å²) in [6, 6.07) is 8.61. The largest absolute Gasteiger partial charge is 0.461 e. The van der Waals surface area contributed by atoms with E-state index in [9.17, 15) is 14.4 Å². The van der Waals surface area contributed by atoms with Gasteiger partial charge in [0.2, 0.25) is 11.8 Å². The van der Waals surface area contributed by atoms with Crippen LogP contribution in [0.5, 0.6) is 0 Å². The summed E-state index contributed by atoms with van der Waals surface area (Å²) in [6.07, 6.45) is 18.7. The normalized spacial score (nSPS) is 12.6. The van der Waals surface area contributed by atoms with Gasteiger partial charge in [-0.15, -0.1) is 0 Å². The van der Waals surface area contributed by atoms with Crippen LogP contribution in [0.25, 0.3) is 0 Å². The van der Waals surface area contributed by atoms with Crippen LogP contribution in [0, 0.1) is 0 Å². The maximum atomic E-state index is 13.5. The second kappa shape index (κ2) is 24.2. The molecule has 7 nitrogen and oxygen atoms in total. The molecule has 1 aromatic carbocycles. The molecule has 7 heteroatoms. The molecule has 0 aliphatic rings. The molecule has 1 aromatic rings. The molecule has 4 N–H and O–H groups in total. The summed E-state index contributed by atoms with van der Waals surface area (Å²) in [5.41, 5.74) is 12.9. The minimum Gasteiger partial charge on any atom is -0.461 e. The zero-order valence-corrected chi connectivity index (χ0v) is 26.1. The van der Waals surface area contributed by atoms with Crippen LogP contribution < -0.4 is 11.5 Å². The van der Waals surface area contributed by atoms with Crippen LogP contribution in [0.1, 0.15) is 141 Å². The van der Waals surface area contributed by atoms with Gasteiger partial charge >= 0.3 is 5.97 Å². The first kappa shape index (κ1) is 36.6. The molecule has 0 radical (unpaired) electrons. The van der Waals surface area contributed by atoms with E-state index in [1.54, 1.807) is 0 Å². The molecule has 1 rings (SSSR count). The van der Waals surface area contributed by atoms with E-state index < -0.39 is 6.04 Å². The number of benzene rings is 1. The van der Waals surface area contributed by atoms with Gasteiger partial charge in [-0.05, 0) is 31.2 Å². The van der Waals surface area contributed by atoms with Crippen molar-refractivity contribution in [3.63, 3.8) is 0 Å². The maximum Gasteiger partial charge on any atom is 0.306 e. The summed E-state index contributed by atoms with van der Waals surface area (Å²) in [4.78, 5) is 39.4. The van der Waals surface area contributed by atoms with Crippen molar-refractivity contribution in [2.24, 2.45) is 11.5 Å². The fourth-order valence-corrected chi connectivity index (χ4v) is 5.26. The van der Waals surface area contributed by atoms with E-state index in [0.29, 0.717) is 19.4 Å². The summed E-state index contributed by atoms with van der Waals surface area (Å²) in [7, 11) is 0. The first-order chi connectivity index (χ1) is 19.9. The predicted molar refractivity (Wildman–Crippen MR) is 168 cm³/mol. The number of nitrogens with two attached hydrogens (primary N) is 2. The standard InChI is InChI=1S/C34H59N3O4/c1-3-5-7-8-9-10-11-12-13-14-18-23-30(27-32(36)38)37(26-19-6-4-2)34(40)31(35)24-20-25-33(39)41-28-29-21-16-15-17-22-29/h15-17,21-22,30-31H,3-14,18-20,23-28,35H2,1-2H3,(H2,36,38)/t30-,31-/m0/s1. The third kappa shape index (κ3) is 18.6. The number of carbonyl (C=O) groups excluding carboxylic acids is 3. The maximum absolute atomic E-state index is 13.5. The van der Waals surface area contributed by atoms with Crippen molar-refractivity contribution in [1.29, 1.82) is 0 Å². The summed E-state index contributed by atoms with van der Waals surface area (Å²) in [6.45, 7) is 5.19. The predicted octanol–water partition coefficient (Wildman–Crippen LogP) is 7.19. The van der Waals surface area contributed by atoms with E-state index in [-0.39, 0.29) is 43.3 Å². The van der Waals surface area contributed by atoms with Gasteiger partial charge in [0.05, 0.1) is 6.04 Å². The van der Waals surface area contributed by atoms with Crippen molar-refractivity contribution in [1.82, 2.24) is 4.90 Å². The minimum absolute atomic E-state index is 0.145. The Bertz CT molecular complexity index is 817. The van der Waals surface area contributed by atoms with Crippen LogP contribution >= 0.6 is 0 Å². The quantitative estimate of drug-likeness (QED) is 0.0899. The first-order valence-corrected chi connectivity index (χ1v) is 16.4. The molecule has 2 amide bonds. The monoisotopic (exact) mass is 573 g/mol. The van der Waals surface area contributed by atoms with E-state index in [1.165, 1.54) is 57.8 Å². The Morgan fingerprint density at radius 2 is 1.32 bits per heavy atom. The number of hydrogen-bond acceptors (Lipinski definition) is 5. The van der Waals surface area contributed by atoms with Crippen molar-refractivity contribution in [2.45, 2.75) is 155 Å². The fraction of sp³-hybridized carbons (Fsp3) is 0.735. The van der Waals surface area contributed by atoms with Gasteiger partial charge < -0.3 is 21.1 Å². The highest BCUT2D eigenvalue weighted by molar-refractivity contribution is 5.83. The topological polar surface area (TPSA) is 116 Å². The number of hydrogen-bond donors (Lipinski definition) is 2. The first-order valence-electron chi connectivity index (χ1n) is 16.4. The number of ether oxygens (including phenoxy) is 1. The van der Waals surface area contributed by atoms with Gasteiger partial charge in [-0.2, -0.15) is 0 Å². The van der Waals surface area contributed by atoms with Gasteiger partial charge in [0, 0.05) is 25.4 Å². The second-order valence-electron chi connectivity index (χ2n) is 11.5. The molecule has 0 aliphatic carbocycles. The van der Waals surface area contributed by atoms with E-state index in [0.717, 1.165) is 44.1 Å². The molecule has 0 heterocycles. The van der Waals surface area contributed by atoms with E-state index in [4.69, 9.17) is 16.2 Å². The van der Waals surface area contributed by atoms with E-state index in [2.05, 4.69) is 13.8 Å². The molecule has 2 atom stereocenters. The number of nitrogens with zero attached hydrogens (tertiary/aromatic N) is 1. The molecule has 0 aromatic heterocycles. The Labute approximate surface area is 250 Å². The Balaban J connectivity index is 2.52. The van der Waals surface area contributed by atoms with Gasteiger partial charge in [-0.3, -0.25) is 14.4 Å². The summed E-state index contributed by atoms with van der Waals surface area (Å²) in [5, 5.41) is 0. The van der Waals surface area contributed by atoms with Crippen LogP contribution in [-0.4, -0.2) is 41.3 Å². The Kier molecular flexibility index (Phi) is 21.6. The highest BCUT2D eigenvalue weighted by atomic mass is 16.5. The summed E-state index contributed by atoms with van der Waals surface area (Å²) in [5.74, 6) is -0.828. The van der Waals surface area contributed by atoms with Gasteiger partial charge in [-0.25, -0.2) is 0 Å². The lowest BCUT2D eigenvalue weighted by Crippen LogP contribution is -2.50. The van der Waals surface area contributed by atoms with Crippen molar-refractivity contribution in [3.8, 4) is 0 Å². The molecule has 0 fully saturated rings. The Hall–Kier alpha value is -2.41. The lowest BCUT2D eigenvalue weighted by atomic mass is 9.99. The van der Waals surface area contributed by atoms with Gasteiger partial charge in [-0.1, -0.05) is 128 Å². The zero-order valence-electron chi connectivity index (χ0n) is 26.1. The van der Waals surface area contributed by atoms with Crippen LogP contribution in [-0.2, 0) is 25.7 Å². The number of unbranched alkanes of at least 4 members (excludes halogenated alkanes) is 12. The highest BCUT2D eigenvalue weighted by Crippen LogP contribution is 2.19. The molecular weight excluding hydrogens is 514 g/mol. The fourth-order valence-electron chi connectivity index (χ4n) is 5.26. The third-order valence-corrected chi connectivity index (χ3v) is 7.76. The van der Waals surface area contributed by atoms with Crippen molar-refractivity contribution in [3.05, 3.63) is 35.9 Å². The molecule has 0 aliphatic heterocycles. The Morgan fingerprint density at radius 1 is 0.756 bits per heavy atom. The van der Waals surface area contributed by atoms with Crippen LogP contribution in [0.15, 0.2) is 30.3 Å². The molecule has 0 spiro atoms. The van der Waals surface area contributed by atoms with Gasteiger partial charge in [0.25, 0.3) is 0 Å². The van der Waals surface area contributed by atoms with Crippen LogP contribution in [0.2, 0.25) is 0 Å². The molecule has 234 valence electrons. The number of amides is 2. The average molecular weight is 574 g/mol. The number of carbonyl (C=O) groups is 3. The third-order valence-electron chi connectivity index (χ3n) is 7.76. The number of esters is 1. The zero-order chi connectivity index (χ0) is 30.1. The van der Waals surface area contributed by atoms with Crippen molar-refractivity contribution in [2.75, 3.05) is 6.54 Å². The molecule has 0 unspecified atom stereocenters. The summed E-state index contributed by atoms with van der Waals surface area (Å²) < 4.78 is 5.34. The van der Waals surface area contributed by atoms with Crippen molar-refractivity contribution < 1.29 is 19.1 Å². The number of rotatable bonds is 26. The lowest BCUT2D eigenvalue weighted by Gasteiger charge is -2.33. The minimum atomic E-state index is -0.716. The van der Waals surface area contributed by atoms with Gasteiger partial charge in [0.1, 0.15) is 6.61 Å². The summed E-state index contributed by atoms with van der Waals surface area (Å²) >= 11 is 0. The van der Waals surface area contributed by atoms with E-state index >= 15 is 0 Å². The molecular formula is C34H59N3O4. The van der Waals surface area contributed by atoms with Crippen LogP contribution in [0.3, 0.4) is 0 Å². The van der Waals surface area contributed by atoms with Gasteiger partial charge in [0.15, 0.2) is 0 Å². The second-order valence-corrected chi connectivity index (χ2v) is 11.5. The van der Waals surface area contributed by atoms with Crippen LogP contribution in [0.4, 0.5) is 0 Å². The smallest absolute Gasteiger partial charge is 0.306 e. The molecule has 0 saturated carbocycles. The SMILES string of the molecule is CCCCCCCCCCCCC[C@@H](CC(N)=O)N(CCCCC)C(=O)[C@@H](N)CCCC(=O)OCc1ccccc1. The molecule has 0 bridgehead atoms. The Morgan fingerprint density at radius 3 is 1.90 bits per heavy atom. The molecule has 0 saturated heterocycles. The van der Waals surface area contributed by atoms with Crippen molar-refractivity contribution >= 4 is 17.8 Å². The lowest BCUT2D eigenvalue weighted by molar-refractivity contribution is -0.145. The highest BCUT2D eigenvalue weighted by Gasteiger charge is 2.28. The number of primary amides is 1. The molecule has 41 heavy (non-hydrogen) atoms. The average Bonchev–Trinajstić information content (AvgIpc) is 2.96. The van der Waals surface area contributed by atoms with E-state index in [1.807, 2.05) is 35.2 Å².